The van der Waals surface area contributed by atoms with Crippen LogP contribution in [-0.2, 0) is 22.7 Å². The summed E-state index contributed by atoms with van der Waals surface area (Å²) in [5.74, 6) is -1.37. The van der Waals surface area contributed by atoms with Crippen LogP contribution in [0.4, 0.5) is 4.39 Å². The average molecular weight is 489 g/mol. The van der Waals surface area contributed by atoms with Gasteiger partial charge in [0.05, 0.1) is 0 Å². The van der Waals surface area contributed by atoms with E-state index in [0.29, 0.717) is 17.5 Å². The summed E-state index contributed by atoms with van der Waals surface area (Å²) in [4.78, 5) is 44.0. The number of hydrogen-bond donors (Lipinski definition) is 2. The summed E-state index contributed by atoms with van der Waals surface area (Å²) < 4.78 is 15.2. The number of amides is 3. The number of hydrogen-bond acceptors (Lipinski definition) is 4. The molecule has 0 spiro atoms. The second-order valence-corrected chi connectivity index (χ2v) is 10.3. The molecule has 1 aromatic heterocycles. The van der Waals surface area contributed by atoms with Crippen LogP contribution in [0.1, 0.15) is 64.2 Å². The zero-order valence-corrected chi connectivity index (χ0v) is 20.3. The van der Waals surface area contributed by atoms with Crippen molar-refractivity contribution in [2.75, 3.05) is 13.1 Å². The van der Waals surface area contributed by atoms with Gasteiger partial charge in [-0.1, -0.05) is 18.2 Å². The van der Waals surface area contributed by atoms with Gasteiger partial charge in [0.1, 0.15) is 11.9 Å². The number of aromatic nitrogens is 1. The fourth-order valence-electron chi connectivity index (χ4n) is 6.00. The lowest BCUT2D eigenvalue weighted by atomic mass is 9.87. The zero-order chi connectivity index (χ0) is 25.0. The number of carbonyl (C=O) groups is 3. The smallest absolute Gasteiger partial charge is 0.255 e. The number of carbonyl (C=O) groups excluding carboxylic acids is 3. The molecule has 2 fully saturated rings. The van der Waals surface area contributed by atoms with Crippen LogP contribution < -0.4 is 5.32 Å². The minimum atomic E-state index is -0.689. The monoisotopic (exact) mass is 488 g/mol. The molecule has 8 heteroatoms. The molecule has 7 nitrogen and oxygen atoms in total. The molecule has 6 rings (SSSR count). The summed E-state index contributed by atoms with van der Waals surface area (Å²) in [5.41, 5.74) is 5.41. The third-order valence-electron chi connectivity index (χ3n) is 7.99. The molecular formula is C28H29FN4O3. The fraction of sp³-hybridized carbons (Fsp3) is 0.393. The number of nitrogens with zero attached hydrogens (tertiary/aromatic N) is 2. The first-order valence-corrected chi connectivity index (χ1v) is 12.6. The van der Waals surface area contributed by atoms with E-state index in [1.165, 1.54) is 27.5 Å². The molecule has 1 unspecified atom stereocenters. The predicted molar refractivity (Wildman–Crippen MR) is 133 cm³/mol. The summed E-state index contributed by atoms with van der Waals surface area (Å²) in [6.45, 7) is 4.97. The number of H-pyrrole nitrogens is 1. The van der Waals surface area contributed by atoms with Crippen molar-refractivity contribution in [2.24, 2.45) is 0 Å². The zero-order valence-electron chi connectivity index (χ0n) is 20.3. The third kappa shape index (κ3) is 3.99. The summed E-state index contributed by atoms with van der Waals surface area (Å²) in [5, 5.41) is 3.56. The Balaban J connectivity index is 1.14. The lowest BCUT2D eigenvalue weighted by molar-refractivity contribution is -0.136. The van der Waals surface area contributed by atoms with Crippen LogP contribution in [0, 0.1) is 12.7 Å². The van der Waals surface area contributed by atoms with Gasteiger partial charge >= 0.3 is 0 Å². The predicted octanol–water partition coefficient (Wildman–Crippen LogP) is 3.76. The van der Waals surface area contributed by atoms with Crippen molar-refractivity contribution in [1.82, 2.24) is 20.1 Å². The van der Waals surface area contributed by atoms with E-state index < -0.39 is 11.9 Å². The van der Waals surface area contributed by atoms with E-state index in [4.69, 9.17) is 0 Å². The van der Waals surface area contributed by atoms with E-state index in [2.05, 4.69) is 46.5 Å². The van der Waals surface area contributed by atoms with Gasteiger partial charge in [0.15, 0.2) is 0 Å². The number of rotatable bonds is 4. The molecule has 2 aromatic carbocycles. The van der Waals surface area contributed by atoms with Crippen molar-refractivity contribution in [3.05, 3.63) is 70.2 Å². The van der Waals surface area contributed by atoms with E-state index >= 15 is 4.39 Å². The first-order valence-electron chi connectivity index (χ1n) is 12.6. The van der Waals surface area contributed by atoms with Gasteiger partial charge in [-0.3, -0.25) is 24.6 Å². The largest absolute Gasteiger partial charge is 0.361 e. The third-order valence-corrected chi connectivity index (χ3v) is 7.99. The molecule has 0 radical (unpaired) electrons. The molecule has 3 aliphatic rings. The van der Waals surface area contributed by atoms with Crippen LogP contribution in [0.15, 0.2) is 36.5 Å². The van der Waals surface area contributed by atoms with Crippen molar-refractivity contribution in [3.63, 3.8) is 0 Å². The number of nitrogens with one attached hydrogen (secondary N) is 2. The molecule has 0 saturated carbocycles. The van der Waals surface area contributed by atoms with Gasteiger partial charge in [-0.25, -0.2) is 4.39 Å². The molecule has 0 aliphatic carbocycles. The van der Waals surface area contributed by atoms with Gasteiger partial charge in [0.25, 0.3) is 5.91 Å². The molecule has 36 heavy (non-hydrogen) atoms. The van der Waals surface area contributed by atoms with Crippen LogP contribution >= 0.6 is 0 Å². The summed E-state index contributed by atoms with van der Waals surface area (Å²) in [7, 11) is 0. The maximum atomic E-state index is 15.2. The van der Waals surface area contributed by atoms with Crippen molar-refractivity contribution in [2.45, 2.75) is 57.7 Å². The molecule has 1 atom stereocenters. The fourth-order valence-corrected chi connectivity index (χ4v) is 6.00. The molecular weight excluding hydrogens is 459 g/mol. The van der Waals surface area contributed by atoms with Crippen molar-refractivity contribution in [3.8, 4) is 0 Å². The molecule has 4 heterocycles. The van der Waals surface area contributed by atoms with Gasteiger partial charge < -0.3 is 9.88 Å². The van der Waals surface area contributed by atoms with Crippen molar-refractivity contribution < 1.29 is 18.8 Å². The standard InChI is InChI=1S/C28H29FN4O3/c1-16-2-3-20-19(13-30-24(20)10-16)14-32-8-6-17(7-9-32)21-11-18-15-33(28(36)22(18)12-23(21)29)25-4-5-26(34)31-27(25)35/h2-3,10-13,17,25,30H,4-9,14-15H2,1H3,(H,31,34,35). The van der Waals surface area contributed by atoms with E-state index in [0.717, 1.165) is 43.6 Å². The van der Waals surface area contributed by atoms with E-state index in [9.17, 15) is 14.4 Å². The maximum Gasteiger partial charge on any atom is 0.255 e. The van der Waals surface area contributed by atoms with Crippen molar-refractivity contribution >= 4 is 28.6 Å². The highest BCUT2D eigenvalue weighted by Crippen LogP contribution is 2.36. The van der Waals surface area contributed by atoms with Crippen LogP contribution in [-0.4, -0.2) is 51.6 Å². The Bertz CT molecular complexity index is 1390. The second kappa shape index (κ2) is 8.85. The molecule has 186 valence electrons. The Morgan fingerprint density at radius 3 is 2.64 bits per heavy atom. The number of fused-ring (bicyclic) bond motifs is 2. The number of benzene rings is 2. The summed E-state index contributed by atoms with van der Waals surface area (Å²) in [6, 6.07) is 8.95. The number of halogens is 1. The van der Waals surface area contributed by atoms with Crippen molar-refractivity contribution in [1.29, 1.82) is 0 Å². The Morgan fingerprint density at radius 1 is 1.06 bits per heavy atom. The molecule has 2 saturated heterocycles. The quantitative estimate of drug-likeness (QED) is 0.548. The lowest BCUT2D eigenvalue weighted by Crippen LogP contribution is -2.52. The Labute approximate surface area is 208 Å². The SMILES string of the molecule is Cc1ccc2c(CN3CCC(c4cc5c(cc4F)C(=O)N(C4CCC(=O)NC4=O)C5)CC3)c[nH]c2c1. The first-order chi connectivity index (χ1) is 17.4. The van der Waals surface area contributed by atoms with Gasteiger partial charge in [-0.15, -0.1) is 0 Å². The highest BCUT2D eigenvalue weighted by atomic mass is 19.1. The normalized spacial score (nSPS) is 21.3. The number of imide groups is 1. The van der Waals surface area contributed by atoms with Crippen LogP contribution in [0.2, 0.25) is 0 Å². The highest BCUT2D eigenvalue weighted by molar-refractivity contribution is 6.05. The van der Waals surface area contributed by atoms with Crippen LogP contribution in [0.25, 0.3) is 10.9 Å². The van der Waals surface area contributed by atoms with E-state index in [-0.39, 0.29) is 36.5 Å². The topological polar surface area (TPSA) is 85.5 Å². The molecule has 0 bridgehead atoms. The number of aromatic amines is 1. The minimum absolute atomic E-state index is 0.0944. The number of piperidine rings is 2. The first kappa shape index (κ1) is 22.9. The molecule has 3 aromatic rings. The second-order valence-electron chi connectivity index (χ2n) is 10.3. The maximum absolute atomic E-state index is 15.2. The Morgan fingerprint density at radius 2 is 1.86 bits per heavy atom. The van der Waals surface area contributed by atoms with Gasteiger partial charge in [-0.05, 0) is 79.6 Å². The molecule has 3 aliphatic heterocycles. The van der Waals surface area contributed by atoms with Crippen LogP contribution in [0.5, 0.6) is 0 Å². The minimum Gasteiger partial charge on any atom is -0.361 e. The van der Waals surface area contributed by atoms with E-state index in [1.807, 2.05) is 6.07 Å². The molecule has 2 N–H and O–H groups in total. The average Bonchev–Trinajstić information content (AvgIpc) is 3.39. The number of likely N-dealkylation sites (tertiary alicyclic amines) is 1. The highest BCUT2D eigenvalue weighted by Gasteiger charge is 2.40. The number of aryl methyl sites for hydroxylation is 1. The van der Waals surface area contributed by atoms with Gasteiger partial charge in [-0.2, -0.15) is 0 Å². The Kier molecular flexibility index (Phi) is 5.63. The summed E-state index contributed by atoms with van der Waals surface area (Å²) >= 11 is 0. The van der Waals surface area contributed by atoms with Gasteiger partial charge in [0, 0.05) is 42.2 Å². The Hall–Kier alpha value is -3.52. The van der Waals surface area contributed by atoms with E-state index in [1.54, 1.807) is 0 Å². The summed E-state index contributed by atoms with van der Waals surface area (Å²) in [6.07, 6.45) is 4.28. The molecule has 3 amide bonds. The van der Waals surface area contributed by atoms with Gasteiger partial charge in [0.2, 0.25) is 11.8 Å². The lowest BCUT2D eigenvalue weighted by Gasteiger charge is -2.32. The van der Waals surface area contributed by atoms with Crippen LogP contribution in [0.3, 0.4) is 0 Å².